The molecule has 2 heterocycles. The monoisotopic (exact) mass is 459 g/mol. The maximum atomic E-state index is 14.3. The van der Waals surface area contributed by atoms with Gasteiger partial charge in [0, 0.05) is 37.0 Å². The Hall–Kier alpha value is -3.44. The van der Waals surface area contributed by atoms with E-state index in [1.165, 1.54) is 0 Å². The van der Waals surface area contributed by atoms with Crippen LogP contribution in [0.3, 0.4) is 0 Å². The van der Waals surface area contributed by atoms with Gasteiger partial charge < -0.3 is 19.9 Å². The average molecular weight is 459 g/mol. The highest BCUT2D eigenvalue weighted by Crippen LogP contribution is 2.24. The molecular formula is C20H18F5N3O4. The number of carbonyl (C=O) groups excluding carboxylic acids is 2. The van der Waals surface area contributed by atoms with Crippen molar-refractivity contribution < 1.29 is 36.6 Å². The molecule has 2 N–H and O–H groups in total. The summed E-state index contributed by atoms with van der Waals surface area (Å²) in [7, 11) is 0. The van der Waals surface area contributed by atoms with Crippen LogP contribution in [0.4, 0.5) is 22.0 Å². The molecule has 1 aromatic carbocycles. The molecule has 0 atom stereocenters. The molecule has 2 aromatic rings. The van der Waals surface area contributed by atoms with Gasteiger partial charge in [-0.3, -0.25) is 14.4 Å². The van der Waals surface area contributed by atoms with Gasteiger partial charge in [-0.05, 0) is 12.5 Å². The number of halogens is 5. The lowest BCUT2D eigenvalue weighted by atomic mass is 10.1. The second-order valence-electron chi connectivity index (χ2n) is 7.14. The Morgan fingerprint density at radius 3 is 2.50 bits per heavy atom. The van der Waals surface area contributed by atoms with Gasteiger partial charge in [-0.25, -0.2) is 8.78 Å². The van der Waals surface area contributed by atoms with E-state index in [1.54, 1.807) is 6.92 Å². The summed E-state index contributed by atoms with van der Waals surface area (Å²) in [5, 5.41) is 12.4. The third kappa shape index (κ3) is 4.43. The summed E-state index contributed by atoms with van der Waals surface area (Å²) in [4.78, 5) is 37.6. The van der Waals surface area contributed by atoms with Crippen LogP contribution in [0.5, 0.6) is 5.75 Å². The summed E-state index contributed by atoms with van der Waals surface area (Å²) in [6, 6.07) is 2.18. The van der Waals surface area contributed by atoms with Crippen molar-refractivity contribution in [2.24, 2.45) is 0 Å². The van der Waals surface area contributed by atoms with Gasteiger partial charge in [0.05, 0.1) is 0 Å². The van der Waals surface area contributed by atoms with Crippen molar-refractivity contribution >= 4 is 11.8 Å². The molecular weight excluding hydrogens is 441 g/mol. The van der Waals surface area contributed by atoms with Gasteiger partial charge >= 0.3 is 6.18 Å². The molecule has 12 heteroatoms. The van der Waals surface area contributed by atoms with Crippen LogP contribution in [0.1, 0.15) is 38.9 Å². The summed E-state index contributed by atoms with van der Waals surface area (Å²) in [6.45, 7) is -0.937. The van der Waals surface area contributed by atoms with Crippen molar-refractivity contribution in [3.8, 4) is 5.75 Å². The lowest BCUT2D eigenvalue weighted by Crippen LogP contribution is -2.46. The molecule has 0 spiro atoms. The molecule has 3 rings (SSSR count). The van der Waals surface area contributed by atoms with E-state index in [1.807, 2.05) is 0 Å². The van der Waals surface area contributed by atoms with E-state index in [2.05, 4.69) is 5.32 Å². The van der Waals surface area contributed by atoms with Crippen LogP contribution in [0.2, 0.25) is 0 Å². The Morgan fingerprint density at radius 2 is 1.88 bits per heavy atom. The van der Waals surface area contributed by atoms with Crippen molar-refractivity contribution in [3.63, 3.8) is 0 Å². The van der Waals surface area contributed by atoms with Crippen LogP contribution in [0.25, 0.3) is 0 Å². The quantitative estimate of drug-likeness (QED) is 0.672. The highest BCUT2D eigenvalue weighted by molar-refractivity contribution is 5.99. The van der Waals surface area contributed by atoms with Crippen LogP contribution in [-0.2, 0) is 19.5 Å². The highest BCUT2D eigenvalue weighted by atomic mass is 19.4. The third-order valence-corrected chi connectivity index (χ3v) is 5.03. The van der Waals surface area contributed by atoms with Crippen molar-refractivity contribution in [3.05, 3.63) is 62.6 Å². The van der Waals surface area contributed by atoms with Gasteiger partial charge in [0.15, 0.2) is 11.4 Å². The van der Waals surface area contributed by atoms with Gasteiger partial charge in [0.25, 0.3) is 11.8 Å². The Kier molecular flexibility index (Phi) is 6.24. The van der Waals surface area contributed by atoms with Gasteiger partial charge in [-0.15, -0.1) is 0 Å². The van der Waals surface area contributed by atoms with E-state index in [0.29, 0.717) is 4.90 Å². The molecule has 0 aliphatic carbocycles. The number of benzene rings is 1. The van der Waals surface area contributed by atoms with Gasteiger partial charge in [0.1, 0.15) is 23.7 Å². The van der Waals surface area contributed by atoms with E-state index in [9.17, 15) is 41.4 Å². The zero-order chi connectivity index (χ0) is 23.8. The molecule has 2 amide bonds. The zero-order valence-corrected chi connectivity index (χ0v) is 16.7. The van der Waals surface area contributed by atoms with E-state index >= 15 is 0 Å². The first-order valence-electron chi connectivity index (χ1n) is 9.51. The normalized spacial score (nSPS) is 13.8. The number of nitrogens with zero attached hydrogens (tertiary/aromatic N) is 2. The first kappa shape index (κ1) is 23.2. The molecule has 1 aromatic heterocycles. The molecule has 7 nitrogen and oxygen atoms in total. The van der Waals surface area contributed by atoms with Crippen LogP contribution in [-0.4, -0.2) is 45.7 Å². The summed E-state index contributed by atoms with van der Waals surface area (Å²) in [6.07, 6.45) is -3.63. The predicted octanol–water partition coefficient (Wildman–Crippen LogP) is 2.34. The smallest absolute Gasteiger partial charge is 0.406 e. The Morgan fingerprint density at radius 1 is 1.19 bits per heavy atom. The number of aromatic hydroxyl groups is 1. The average Bonchev–Trinajstić information content (AvgIpc) is 2.71. The fourth-order valence-corrected chi connectivity index (χ4v) is 3.44. The number of hydrogen-bond acceptors (Lipinski definition) is 4. The number of rotatable bonds is 5. The Balaban J connectivity index is 1.85. The van der Waals surface area contributed by atoms with Crippen molar-refractivity contribution in [2.75, 3.05) is 13.1 Å². The van der Waals surface area contributed by atoms with Gasteiger partial charge in [-0.2, -0.15) is 13.2 Å². The van der Waals surface area contributed by atoms with E-state index in [-0.39, 0.29) is 30.6 Å². The fraction of sp³-hybridized carbons (Fsp3) is 0.350. The minimum Gasteiger partial charge on any atom is -0.503 e. The number of nitrogens with one attached hydrogen (secondary N) is 1. The number of carbonyl (C=O) groups is 2. The van der Waals surface area contributed by atoms with Crippen LogP contribution in [0.15, 0.2) is 23.1 Å². The summed E-state index contributed by atoms with van der Waals surface area (Å²) in [5.74, 6) is -4.94. The molecule has 0 saturated heterocycles. The highest BCUT2D eigenvalue weighted by Gasteiger charge is 2.37. The number of aromatic nitrogens is 1. The molecule has 172 valence electrons. The second kappa shape index (κ2) is 8.60. The molecule has 0 radical (unpaired) electrons. The third-order valence-electron chi connectivity index (χ3n) is 5.03. The van der Waals surface area contributed by atoms with E-state index in [0.717, 1.165) is 22.9 Å². The molecule has 0 saturated carbocycles. The van der Waals surface area contributed by atoms with Crippen molar-refractivity contribution in [1.82, 2.24) is 14.8 Å². The number of alkyl halides is 3. The predicted molar refractivity (Wildman–Crippen MR) is 101 cm³/mol. The fourth-order valence-electron chi connectivity index (χ4n) is 3.44. The molecule has 1 aliphatic heterocycles. The Labute approximate surface area is 178 Å². The topological polar surface area (TPSA) is 91.6 Å². The van der Waals surface area contributed by atoms with E-state index < -0.39 is 65.2 Å². The summed E-state index contributed by atoms with van der Waals surface area (Å²) in [5.41, 5.74) is -2.69. The van der Waals surface area contributed by atoms with Gasteiger partial charge in [0.2, 0.25) is 5.43 Å². The number of pyridine rings is 1. The Bertz CT molecular complexity index is 1140. The van der Waals surface area contributed by atoms with Crippen LogP contribution in [0, 0.1) is 11.6 Å². The SMILES string of the molecule is CCc1c(F)ccc(CNC(=O)c2cn3c(c(O)c2=O)C(=O)N(CC(F)(F)F)CC3)c1F. The lowest BCUT2D eigenvalue weighted by Gasteiger charge is -2.30. The van der Waals surface area contributed by atoms with E-state index in [4.69, 9.17) is 0 Å². The van der Waals surface area contributed by atoms with Crippen molar-refractivity contribution in [2.45, 2.75) is 32.6 Å². The largest absolute Gasteiger partial charge is 0.503 e. The molecule has 32 heavy (non-hydrogen) atoms. The standard InChI is InChI=1S/C20H18F5N3O4/c1-2-11-13(21)4-3-10(14(11)22)7-26-18(31)12-8-27-5-6-28(9-20(23,24)25)19(32)15(27)17(30)16(12)29/h3-4,8,30H,2,5-7,9H2,1H3,(H,26,31). The first-order valence-corrected chi connectivity index (χ1v) is 9.51. The maximum absolute atomic E-state index is 14.3. The molecule has 0 bridgehead atoms. The van der Waals surface area contributed by atoms with Gasteiger partial charge in [-0.1, -0.05) is 13.0 Å². The second-order valence-corrected chi connectivity index (χ2v) is 7.14. The molecule has 1 aliphatic rings. The zero-order valence-electron chi connectivity index (χ0n) is 16.7. The molecule has 0 fully saturated rings. The summed E-state index contributed by atoms with van der Waals surface area (Å²) < 4.78 is 66.9. The number of fused-ring (bicyclic) bond motifs is 1. The van der Waals surface area contributed by atoms with Crippen LogP contribution < -0.4 is 10.7 Å². The minimum atomic E-state index is -4.67. The lowest BCUT2D eigenvalue weighted by molar-refractivity contribution is -0.141. The molecule has 0 unspecified atom stereocenters. The summed E-state index contributed by atoms with van der Waals surface area (Å²) >= 11 is 0. The minimum absolute atomic E-state index is 0.0307. The maximum Gasteiger partial charge on any atom is 0.406 e. The van der Waals surface area contributed by atoms with Crippen molar-refractivity contribution in [1.29, 1.82) is 0 Å². The first-order chi connectivity index (χ1) is 14.9. The number of amides is 2. The van der Waals surface area contributed by atoms with Crippen LogP contribution >= 0.6 is 0 Å². The number of hydrogen-bond donors (Lipinski definition) is 2.